The number of amides is 1. The molecule has 33 heavy (non-hydrogen) atoms. The quantitative estimate of drug-likeness (QED) is 0.364. The molecule has 1 amide bonds. The number of carbonyl (C=O) groups is 1. The topological polar surface area (TPSA) is 101 Å². The van der Waals surface area contributed by atoms with Crippen molar-refractivity contribution in [3.63, 3.8) is 0 Å². The van der Waals surface area contributed by atoms with Gasteiger partial charge in [0.1, 0.15) is 11.4 Å². The fourth-order valence-electron chi connectivity index (χ4n) is 3.25. The number of anilines is 1. The first-order valence-corrected chi connectivity index (χ1v) is 11.0. The predicted octanol–water partition coefficient (Wildman–Crippen LogP) is 2.61. The maximum atomic E-state index is 12.4. The molecule has 0 saturated carbocycles. The van der Waals surface area contributed by atoms with E-state index in [9.17, 15) is 9.90 Å². The van der Waals surface area contributed by atoms with Gasteiger partial charge in [0.2, 0.25) is 0 Å². The van der Waals surface area contributed by atoms with Crippen molar-refractivity contribution in [3.05, 3.63) is 59.7 Å². The van der Waals surface area contributed by atoms with Gasteiger partial charge in [0.15, 0.2) is 0 Å². The highest BCUT2D eigenvalue weighted by Crippen LogP contribution is 2.15. The Balaban J connectivity index is 2.04. The minimum atomic E-state index is -0.835. The summed E-state index contributed by atoms with van der Waals surface area (Å²) in [5.41, 5.74) is 2.27. The van der Waals surface area contributed by atoms with Crippen LogP contribution in [0, 0.1) is 0 Å². The van der Waals surface area contributed by atoms with Gasteiger partial charge in [-0.3, -0.25) is 0 Å². The highest BCUT2D eigenvalue weighted by Gasteiger charge is 2.25. The summed E-state index contributed by atoms with van der Waals surface area (Å²) in [4.78, 5) is 12.4. The van der Waals surface area contributed by atoms with Crippen LogP contribution in [-0.4, -0.2) is 57.3 Å². The van der Waals surface area contributed by atoms with E-state index in [1.165, 1.54) is 0 Å². The summed E-state index contributed by atoms with van der Waals surface area (Å²) in [5, 5.41) is 20.2. The van der Waals surface area contributed by atoms with E-state index in [0.29, 0.717) is 27.1 Å². The van der Waals surface area contributed by atoms with Gasteiger partial charge < -0.3 is 35.1 Å². The average molecular weight is 457 g/mol. The van der Waals surface area contributed by atoms with E-state index in [1.807, 2.05) is 48.5 Å². The van der Waals surface area contributed by atoms with E-state index in [-0.39, 0.29) is 0 Å². The molecule has 0 fully saturated rings. The molecule has 0 heterocycles. The lowest BCUT2D eigenvalue weighted by molar-refractivity contribution is 0.0422. The van der Waals surface area contributed by atoms with E-state index >= 15 is 0 Å². The number of rotatable bonds is 12. The second-order valence-electron chi connectivity index (χ2n) is 8.82. The van der Waals surface area contributed by atoms with Crippen LogP contribution < -0.4 is 20.6 Å². The Hall–Kier alpha value is -2.75. The first-order valence-electron chi connectivity index (χ1n) is 11.0. The zero-order chi connectivity index (χ0) is 24.3. The number of benzene rings is 2. The smallest absolute Gasteiger partial charge is 0.407 e. The molecule has 2 atom stereocenters. The molecular formula is C24H36BN3O5. The number of alkyl carbamates (subject to hydrolysis) is 1. The number of methoxy groups -OCH3 is 1. The second kappa shape index (κ2) is 13.1. The van der Waals surface area contributed by atoms with Gasteiger partial charge >= 0.3 is 13.7 Å². The number of aliphatic hydroxyl groups excluding tert-OH is 1. The maximum Gasteiger partial charge on any atom is 0.407 e. The van der Waals surface area contributed by atoms with Crippen LogP contribution in [0.15, 0.2) is 48.5 Å². The lowest BCUT2D eigenvalue weighted by Gasteiger charge is -2.27. The van der Waals surface area contributed by atoms with Crippen LogP contribution in [0.1, 0.15) is 31.9 Å². The zero-order valence-electron chi connectivity index (χ0n) is 20.2. The third-order valence-electron chi connectivity index (χ3n) is 4.79. The summed E-state index contributed by atoms with van der Waals surface area (Å²) in [6.45, 7) is 6.26. The molecule has 4 N–H and O–H groups in total. The standard InChI is InChI=1S/C24H36BN3O5/c1-24(2,3)33-23(30)27-21(14-17-8-6-10-19(12-17)28-25-32-5)22(29)16-26-15-18-9-7-11-20(13-18)31-4/h6-13,21-22,25-26,28-29H,14-16H2,1-5H3,(H,27,30)/t21?,22-/m1/s1. The Kier molecular flexibility index (Phi) is 10.5. The predicted molar refractivity (Wildman–Crippen MR) is 132 cm³/mol. The molecule has 0 bridgehead atoms. The molecule has 180 valence electrons. The van der Waals surface area contributed by atoms with Crippen molar-refractivity contribution in [1.29, 1.82) is 0 Å². The third-order valence-corrected chi connectivity index (χ3v) is 4.79. The van der Waals surface area contributed by atoms with Gasteiger partial charge in [-0.25, -0.2) is 4.79 Å². The first-order chi connectivity index (χ1) is 15.7. The van der Waals surface area contributed by atoms with Crippen molar-refractivity contribution in [2.45, 2.75) is 51.5 Å². The molecule has 0 aliphatic carbocycles. The average Bonchev–Trinajstić information content (AvgIpc) is 2.76. The third kappa shape index (κ3) is 10.2. The molecule has 0 saturated heterocycles. The highest BCUT2D eigenvalue weighted by atomic mass is 16.6. The monoisotopic (exact) mass is 457 g/mol. The molecule has 8 nitrogen and oxygen atoms in total. The molecule has 2 aromatic carbocycles. The number of carbonyl (C=O) groups excluding carboxylic acids is 1. The molecular weight excluding hydrogens is 421 g/mol. The first kappa shape index (κ1) is 26.5. The SMILES string of the molecule is COBNc1cccc(CC(NC(=O)OC(C)(C)C)[C@H](O)CNCc2cccc(OC)c2)c1. The Morgan fingerprint density at radius 3 is 2.52 bits per heavy atom. The maximum absolute atomic E-state index is 12.4. The van der Waals surface area contributed by atoms with Gasteiger partial charge in [-0.2, -0.15) is 0 Å². The number of ether oxygens (including phenoxy) is 2. The molecule has 0 radical (unpaired) electrons. The lowest BCUT2D eigenvalue weighted by Crippen LogP contribution is -2.49. The van der Waals surface area contributed by atoms with Gasteiger partial charge in [-0.05, 0) is 62.6 Å². The Morgan fingerprint density at radius 2 is 1.82 bits per heavy atom. The molecule has 0 spiro atoms. The summed E-state index contributed by atoms with van der Waals surface area (Å²) >= 11 is 0. The Bertz CT molecular complexity index is 875. The van der Waals surface area contributed by atoms with Crippen LogP contribution in [0.3, 0.4) is 0 Å². The summed E-state index contributed by atoms with van der Waals surface area (Å²) in [5.74, 6) is 0.779. The van der Waals surface area contributed by atoms with Crippen molar-refractivity contribution < 1.29 is 24.0 Å². The number of nitrogens with one attached hydrogen (secondary N) is 3. The van der Waals surface area contributed by atoms with Crippen LogP contribution in [-0.2, 0) is 22.4 Å². The van der Waals surface area contributed by atoms with E-state index in [2.05, 4.69) is 15.9 Å². The van der Waals surface area contributed by atoms with Crippen LogP contribution in [0.4, 0.5) is 10.5 Å². The van der Waals surface area contributed by atoms with E-state index in [1.54, 1.807) is 35.0 Å². The second-order valence-corrected chi connectivity index (χ2v) is 8.82. The molecule has 0 aliphatic heterocycles. The molecule has 0 aromatic heterocycles. The summed E-state index contributed by atoms with van der Waals surface area (Å²) in [6.07, 6.45) is -0.962. The van der Waals surface area contributed by atoms with E-state index in [4.69, 9.17) is 14.1 Å². The van der Waals surface area contributed by atoms with Gasteiger partial charge in [0.25, 0.3) is 0 Å². The van der Waals surface area contributed by atoms with E-state index < -0.39 is 23.8 Å². The largest absolute Gasteiger partial charge is 0.497 e. The van der Waals surface area contributed by atoms with Crippen molar-refractivity contribution in [2.75, 3.05) is 26.0 Å². The van der Waals surface area contributed by atoms with Crippen molar-refractivity contribution >= 4 is 19.4 Å². The number of hydrogen-bond acceptors (Lipinski definition) is 7. The molecule has 0 aliphatic rings. The number of hydrogen-bond donors (Lipinski definition) is 4. The molecule has 1 unspecified atom stereocenters. The normalized spacial score (nSPS) is 13.0. The Morgan fingerprint density at radius 1 is 1.09 bits per heavy atom. The van der Waals surface area contributed by atoms with Crippen LogP contribution in [0.2, 0.25) is 0 Å². The van der Waals surface area contributed by atoms with Gasteiger partial charge in [0.05, 0.1) is 19.3 Å². The van der Waals surface area contributed by atoms with Crippen molar-refractivity contribution in [2.24, 2.45) is 0 Å². The zero-order valence-corrected chi connectivity index (χ0v) is 20.2. The van der Waals surface area contributed by atoms with Gasteiger partial charge in [-0.1, -0.05) is 24.3 Å². The van der Waals surface area contributed by atoms with E-state index in [0.717, 1.165) is 22.6 Å². The fourth-order valence-corrected chi connectivity index (χ4v) is 3.25. The highest BCUT2D eigenvalue weighted by molar-refractivity contribution is 6.32. The number of aliphatic hydroxyl groups is 1. The summed E-state index contributed by atoms with van der Waals surface area (Å²) < 4.78 is 15.7. The lowest BCUT2D eigenvalue weighted by atomic mass is 10.00. The van der Waals surface area contributed by atoms with Gasteiger partial charge in [0, 0.05) is 25.9 Å². The minimum Gasteiger partial charge on any atom is -0.497 e. The van der Waals surface area contributed by atoms with Crippen LogP contribution in [0.25, 0.3) is 0 Å². The van der Waals surface area contributed by atoms with Crippen molar-refractivity contribution in [3.8, 4) is 5.75 Å². The molecule has 9 heteroatoms. The minimum absolute atomic E-state index is 0.291. The van der Waals surface area contributed by atoms with Crippen molar-refractivity contribution in [1.82, 2.24) is 10.6 Å². The molecule has 2 rings (SSSR count). The van der Waals surface area contributed by atoms with Gasteiger partial charge in [-0.15, -0.1) is 0 Å². The van der Waals surface area contributed by atoms with Crippen LogP contribution in [0.5, 0.6) is 5.75 Å². The fraction of sp³-hybridized carbons (Fsp3) is 0.458. The summed E-state index contributed by atoms with van der Waals surface area (Å²) in [7, 11) is 3.63. The summed E-state index contributed by atoms with van der Waals surface area (Å²) in [6, 6.07) is 15.0. The Labute approximate surface area is 197 Å². The molecule has 2 aromatic rings. The van der Waals surface area contributed by atoms with Crippen LogP contribution >= 0.6 is 0 Å².